The van der Waals surface area contributed by atoms with E-state index in [0.29, 0.717) is 0 Å². The molecule has 1 rings (SSSR count). The zero-order chi connectivity index (χ0) is 13.9. The van der Waals surface area contributed by atoms with E-state index in [9.17, 15) is 27.9 Å². The van der Waals surface area contributed by atoms with Crippen LogP contribution in [0.25, 0.3) is 0 Å². The number of benzene rings is 1. The molecule has 0 saturated carbocycles. The first kappa shape index (κ1) is 13.8. The number of anilines is 1. The summed E-state index contributed by atoms with van der Waals surface area (Å²) >= 11 is 0. The zero-order valence-corrected chi connectivity index (χ0v) is 8.78. The van der Waals surface area contributed by atoms with Crippen LogP contribution >= 0.6 is 0 Å². The average molecular weight is 263 g/mol. The van der Waals surface area contributed by atoms with Gasteiger partial charge in [0, 0.05) is 11.8 Å². The molecule has 1 aromatic rings. The van der Waals surface area contributed by atoms with E-state index < -0.39 is 35.8 Å². The molecule has 0 aliphatic heterocycles. The highest BCUT2D eigenvalue weighted by atomic mass is 19.4. The van der Waals surface area contributed by atoms with E-state index in [-0.39, 0.29) is 5.69 Å². The van der Waals surface area contributed by atoms with E-state index in [1.54, 1.807) is 0 Å². The van der Waals surface area contributed by atoms with Crippen LogP contribution in [0.15, 0.2) is 18.2 Å². The molecule has 0 fully saturated rings. The molecule has 0 atom stereocenters. The molecular formula is C10H8F3NO4. The lowest BCUT2D eigenvalue weighted by Gasteiger charge is -2.08. The molecular weight excluding hydrogens is 255 g/mol. The summed E-state index contributed by atoms with van der Waals surface area (Å²) in [5.74, 6) is -3.34. The number of carboxylic acids is 1. The molecule has 0 spiro atoms. The Kier molecular flexibility index (Phi) is 3.79. The molecule has 0 heterocycles. The van der Waals surface area contributed by atoms with E-state index in [1.807, 2.05) is 5.32 Å². The second kappa shape index (κ2) is 4.94. The number of hydrogen-bond donors (Lipinski definition) is 3. The van der Waals surface area contributed by atoms with E-state index >= 15 is 0 Å². The van der Waals surface area contributed by atoms with Crippen molar-refractivity contribution in [1.29, 1.82) is 0 Å². The number of alkyl halides is 3. The van der Waals surface area contributed by atoms with Gasteiger partial charge in [0.2, 0.25) is 5.91 Å². The molecule has 3 N–H and O–H groups in total. The fraction of sp³-hybridized carbons (Fsp3) is 0.200. The number of rotatable bonds is 3. The van der Waals surface area contributed by atoms with Gasteiger partial charge in [0.1, 0.15) is 17.7 Å². The number of nitrogens with one attached hydrogen (secondary N) is 1. The largest absolute Gasteiger partial charge is 0.507 e. The lowest BCUT2D eigenvalue weighted by Crippen LogP contribution is -2.21. The number of carboxylic acid groups (broad SMARTS) is 1. The Balaban J connectivity index is 2.78. The maximum Gasteiger partial charge on any atom is 0.397 e. The lowest BCUT2D eigenvalue weighted by atomic mass is 10.2. The van der Waals surface area contributed by atoms with E-state index in [4.69, 9.17) is 5.11 Å². The molecule has 5 nitrogen and oxygen atoms in total. The van der Waals surface area contributed by atoms with Crippen molar-refractivity contribution in [2.45, 2.75) is 12.6 Å². The molecule has 98 valence electrons. The number of amides is 1. The number of halogens is 3. The van der Waals surface area contributed by atoms with Gasteiger partial charge in [0.15, 0.2) is 0 Å². The maximum atomic E-state index is 11.9. The van der Waals surface area contributed by atoms with Crippen molar-refractivity contribution in [3.63, 3.8) is 0 Å². The summed E-state index contributed by atoms with van der Waals surface area (Å²) in [6.07, 6.45) is -6.29. The summed E-state index contributed by atoms with van der Waals surface area (Å²) in [5, 5.41) is 19.7. The van der Waals surface area contributed by atoms with Crippen LogP contribution in [0.3, 0.4) is 0 Å². The van der Waals surface area contributed by atoms with Crippen LogP contribution in [0.5, 0.6) is 5.75 Å². The molecule has 0 aliphatic rings. The fourth-order valence-corrected chi connectivity index (χ4v) is 1.18. The van der Waals surface area contributed by atoms with E-state index in [1.165, 1.54) is 0 Å². The van der Waals surface area contributed by atoms with Crippen molar-refractivity contribution < 1.29 is 33.0 Å². The van der Waals surface area contributed by atoms with Crippen LogP contribution in [0, 0.1) is 0 Å². The molecule has 1 aromatic carbocycles. The first-order chi connectivity index (χ1) is 8.19. The summed E-state index contributed by atoms with van der Waals surface area (Å²) in [6, 6.07) is 2.91. The predicted molar refractivity (Wildman–Crippen MR) is 54.4 cm³/mol. The van der Waals surface area contributed by atoms with Gasteiger partial charge in [-0.05, 0) is 12.1 Å². The first-order valence-corrected chi connectivity index (χ1v) is 4.62. The van der Waals surface area contributed by atoms with Gasteiger partial charge in [-0.3, -0.25) is 4.79 Å². The van der Waals surface area contributed by atoms with Crippen molar-refractivity contribution in [3.8, 4) is 5.75 Å². The van der Waals surface area contributed by atoms with Gasteiger partial charge < -0.3 is 15.5 Å². The SMILES string of the molecule is O=C(CC(F)(F)F)Nc1ccc(C(=O)O)c(O)c1. The van der Waals surface area contributed by atoms with Crippen molar-refractivity contribution in [3.05, 3.63) is 23.8 Å². The normalized spacial score (nSPS) is 11.1. The molecule has 0 aliphatic carbocycles. The molecule has 0 bridgehead atoms. The summed E-state index contributed by atoms with van der Waals surface area (Å²) in [7, 11) is 0. The third-order valence-corrected chi connectivity index (χ3v) is 1.87. The third-order valence-electron chi connectivity index (χ3n) is 1.87. The van der Waals surface area contributed by atoms with Crippen molar-refractivity contribution in [2.24, 2.45) is 0 Å². The number of hydrogen-bond acceptors (Lipinski definition) is 3. The van der Waals surface area contributed by atoms with Crippen molar-refractivity contribution in [1.82, 2.24) is 0 Å². The minimum absolute atomic E-state index is 0.119. The highest BCUT2D eigenvalue weighted by molar-refractivity contribution is 5.94. The Labute approximate surface area is 98.8 Å². The standard InChI is InChI=1S/C10H8F3NO4/c11-10(12,13)4-8(16)14-5-1-2-6(9(17)18)7(15)3-5/h1-3,15H,4H2,(H,14,16)(H,17,18). The Bertz CT molecular complexity index is 485. The topological polar surface area (TPSA) is 86.6 Å². The van der Waals surface area contributed by atoms with Crippen LogP contribution in [-0.2, 0) is 4.79 Å². The predicted octanol–water partition coefficient (Wildman–Crippen LogP) is 1.98. The summed E-state index contributed by atoms with van der Waals surface area (Å²) in [4.78, 5) is 21.5. The quantitative estimate of drug-likeness (QED) is 0.778. The van der Waals surface area contributed by atoms with Crippen LogP contribution in [0.2, 0.25) is 0 Å². The van der Waals surface area contributed by atoms with Gasteiger partial charge in [0.05, 0.1) is 0 Å². The first-order valence-electron chi connectivity index (χ1n) is 4.62. The summed E-state index contributed by atoms with van der Waals surface area (Å²) < 4.78 is 35.6. The monoisotopic (exact) mass is 263 g/mol. The Hall–Kier alpha value is -2.25. The van der Waals surface area contributed by atoms with Crippen LogP contribution in [0.4, 0.5) is 18.9 Å². The molecule has 8 heteroatoms. The van der Waals surface area contributed by atoms with Gasteiger partial charge in [-0.25, -0.2) is 4.79 Å². The highest BCUT2D eigenvalue weighted by Crippen LogP contribution is 2.24. The van der Waals surface area contributed by atoms with E-state index in [0.717, 1.165) is 18.2 Å². The number of carbonyl (C=O) groups is 2. The number of aromatic carboxylic acids is 1. The molecule has 0 saturated heterocycles. The zero-order valence-electron chi connectivity index (χ0n) is 8.78. The van der Waals surface area contributed by atoms with Crippen LogP contribution in [0.1, 0.15) is 16.8 Å². The summed E-state index contributed by atoms with van der Waals surface area (Å²) in [5.41, 5.74) is -0.532. The van der Waals surface area contributed by atoms with Gasteiger partial charge in [-0.1, -0.05) is 0 Å². The van der Waals surface area contributed by atoms with Gasteiger partial charge in [-0.15, -0.1) is 0 Å². The van der Waals surface area contributed by atoms with Gasteiger partial charge >= 0.3 is 12.1 Å². The van der Waals surface area contributed by atoms with Gasteiger partial charge in [-0.2, -0.15) is 13.2 Å². The van der Waals surface area contributed by atoms with E-state index in [2.05, 4.69) is 0 Å². The number of phenols is 1. The van der Waals surface area contributed by atoms with Gasteiger partial charge in [0.25, 0.3) is 0 Å². The lowest BCUT2D eigenvalue weighted by molar-refractivity contribution is -0.150. The summed E-state index contributed by atoms with van der Waals surface area (Å²) in [6.45, 7) is 0. The molecule has 18 heavy (non-hydrogen) atoms. The smallest absolute Gasteiger partial charge is 0.397 e. The minimum atomic E-state index is -4.63. The minimum Gasteiger partial charge on any atom is -0.507 e. The van der Waals surface area contributed by atoms with Crippen molar-refractivity contribution >= 4 is 17.6 Å². The molecule has 1 amide bonds. The second-order valence-corrected chi connectivity index (χ2v) is 3.38. The molecule has 0 unspecified atom stereocenters. The van der Waals surface area contributed by atoms with Crippen molar-refractivity contribution in [2.75, 3.05) is 5.32 Å². The fourth-order valence-electron chi connectivity index (χ4n) is 1.18. The molecule has 0 radical (unpaired) electrons. The van der Waals surface area contributed by atoms with Crippen LogP contribution < -0.4 is 5.32 Å². The van der Waals surface area contributed by atoms with Crippen LogP contribution in [-0.4, -0.2) is 28.3 Å². The number of aromatic hydroxyl groups is 1. The maximum absolute atomic E-state index is 11.9. The highest BCUT2D eigenvalue weighted by Gasteiger charge is 2.31. The Morgan fingerprint density at radius 2 is 1.89 bits per heavy atom. The Morgan fingerprint density at radius 3 is 2.33 bits per heavy atom. The molecule has 0 aromatic heterocycles. The number of carbonyl (C=O) groups excluding carboxylic acids is 1. The average Bonchev–Trinajstić information content (AvgIpc) is 2.13. The second-order valence-electron chi connectivity index (χ2n) is 3.38. The third kappa shape index (κ3) is 3.96. The Morgan fingerprint density at radius 1 is 1.28 bits per heavy atom.